The van der Waals surface area contributed by atoms with E-state index in [-0.39, 0.29) is 12.4 Å². The summed E-state index contributed by atoms with van der Waals surface area (Å²) in [6.45, 7) is 1.77. The highest BCUT2D eigenvalue weighted by molar-refractivity contribution is 7.90. The van der Waals surface area contributed by atoms with Gasteiger partial charge >= 0.3 is 0 Å². The Balaban J connectivity index is 2.03. The van der Waals surface area contributed by atoms with Gasteiger partial charge < -0.3 is 5.11 Å². The summed E-state index contributed by atoms with van der Waals surface area (Å²) in [6.07, 6.45) is 4.85. The van der Waals surface area contributed by atoms with Crippen LogP contribution in [0, 0.1) is 0 Å². The normalized spacial score (nSPS) is 18.1. The Hall–Kier alpha value is -0.910. The number of aryl methyl sites for hydroxylation is 1. The summed E-state index contributed by atoms with van der Waals surface area (Å²) in [6, 6.07) is 8.86. The molecule has 5 heteroatoms. The Bertz CT molecular complexity index is 556. The van der Waals surface area contributed by atoms with Gasteiger partial charge in [-0.1, -0.05) is 24.3 Å². The van der Waals surface area contributed by atoms with Crippen LogP contribution < -0.4 is 0 Å². The molecule has 0 heterocycles. The van der Waals surface area contributed by atoms with Crippen LogP contribution in [0.1, 0.15) is 36.4 Å². The molecule has 1 aliphatic carbocycles. The zero-order chi connectivity index (χ0) is 15.3. The average Bonchev–Trinajstić information content (AvgIpc) is 2.85. The van der Waals surface area contributed by atoms with E-state index in [0.29, 0.717) is 12.5 Å². The van der Waals surface area contributed by atoms with Gasteiger partial charge in [0.05, 0.1) is 5.75 Å². The van der Waals surface area contributed by atoms with Crippen LogP contribution >= 0.6 is 0 Å². The maximum Gasteiger partial charge on any atom is 0.147 e. The molecule has 0 radical (unpaired) electrons. The van der Waals surface area contributed by atoms with Crippen molar-refractivity contribution in [2.24, 2.45) is 0 Å². The van der Waals surface area contributed by atoms with Crippen molar-refractivity contribution in [1.82, 2.24) is 4.90 Å². The van der Waals surface area contributed by atoms with Gasteiger partial charge in [0.1, 0.15) is 9.84 Å². The van der Waals surface area contributed by atoms with Crippen molar-refractivity contribution >= 4 is 9.84 Å². The Morgan fingerprint density at radius 3 is 2.67 bits per heavy atom. The largest absolute Gasteiger partial charge is 0.396 e. The van der Waals surface area contributed by atoms with Crippen LogP contribution in [0.3, 0.4) is 0 Å². The molecule has 21 heavy (non-hydrogen) atoms. The van der Waals surface area contributed by atoms with Crippen molar-refractivity contribution in [2.45, 2.75) is 31.7 Å². The summed E-state index contributed by atoms with van der Waals surface area (Å²) in [5, 5.41) is 9.09. The number of nitrogens with zero attached hydrogens (tertiary/aromatic N) is 1. The smallest absolute Gasteiger partial charge is 0.147 e. The lowest BCUT2D eigenvalue weighted by Gasteiger charge is -2.29. The molecule has 1 aromatic carbocycles. The average molecular weight is 311 g/mol. The first kappa shape index (κ1) is 16.5. The fourth-order valence-corrected chi connectivity index (χ4v) is 3.79. The number of aliphatic hydroxyl groups is 1. The Morgan fingerprint density at radius 1 is 1.24 bits per heavy atom. The second-order valence-electron chi connectivity index (χ2n) is 5.85. The van der Waals surface area contributed by atoms with Crippen molar-refractivity contribution in [3.63, 3.8) is 0 Å². The van der Waals surface area contributed by atoms with Gasteiger partial charge in [-0.25, -0.2) is 8.42 Å². The predicted octanol–water partition coefficient (Wildman–Crippen LogP) is 1.79. The van der Waals surface area contributed by atoms with Gasteiger partial charge in [-0.15, -0.1) is 0 Å². The minimum Gasteiger partial charge on any atom is -0.396 e. The highest BCUT2D eigenvalue weighted by Gasteiger charge is 2.27. The molecule has 0 spiro atoms. The van der Waals surface area contributed by atoms with Crippen LogP contribution in [0.2, 0.25) is 0 Å². The highest BCUT2D eigenvalue weighted by Crippen LogP contribution is 2.35. The molecule has 0 aliphatic heterocycles. The van der Waals surface area contributed by atoms with Crippen LogP contribution in [-0.2, 0) is 16.3 Å². The first-order chi connectivity index (χ1) is 10.0. The predicted molar refractivity (Wildman–Crippen MR) is 85.1 cm³/mol. The lowest BCUT2D eigenvalue weighted by atomic mass is 10.1. The number of rotatable bonds is 8. The van der Waals surface area contributed by atoms with E-state index in [2.05, 4.69) is 29.2 Å². The Kier molecular flexibility index (Phi) is 5.79. The summed E-state index contributed by atoms with van der Waals surface area (Å²) in [7, 11) is -2.90. The molecular weight excluding hydrogens is 286 g/mol. The zero-order valence-electron chi connectivity index (χ0n) is 12.7. The van der Waals surface area contributed by atoms with Crippen LogP contribution in [-0.4, -0.2) is 50.1 Å². The third-order valence-corrected chi connectivity index (χ3v) is 5.14. The van der Waals surface area contributed by atoms with E-state index < -0.39 is 9.84 Å². The van der Waals surface area contributed by atoms with Gasteiger partial charge in [-0.2, -0.15) is 0 Å². The number of hydrogen-bond acceptors (Lipinski definition) is 4. The Morgan fingerprint density at radius 2 is 1.95 bits per heavy atom. The quantitative estimate of drug-likeness (QED) is 0.795. The summed E-state index contributed by atoms with van der Waals surface area (Å²) in [5.74, 6) is 0.233. The van der Waals surface area contributed by atoms with E-state index in [1.807, 2.05) is 0 Å². The SMILES string of the molecule is CS(=O)(=O)CCCN(CCCO)C1CCc2ccccc21. The molecular formula is C16H25NO3S. The van der Waals surface area contributed by atoms with Gasteiger partial charge in [0.15, 0.2) is 0 Å². The second-order valence-corrected chi connectivity index (χ2v) is 8.11. The molecule has 1 atom stereocenters. The number of sulfone groups is 1. The number of aliphatic hydroxyl groups excluding tert-OH is 1. The molecule has 118 valence electrons. The molecule has 1 N–H and O–H groups in total. The monoisotopic (exact) mass is 311 g/mol. The van der Waals surface area contributed by atoms with E-state index in [1.54, 1.807) is 0 Å². The standard InChI is InChI=1S/C16H25NO3S/c1-21(19,20)13-5-11-17(10-4-12-18)16-9-8-14-6-2-3-7-15(14)16/h2-3,6-7,16,18H,4-5,8-13H2,1H3. The fraction of sp³-hybridized carbons (Fsp3) is 0.625. The molecule has 0 saturated heterocycles. The highest BCUT2D eigenvalue weighted by atomic mass is 32.2. The molecule has 0 fully saturated rings. The van der Waals surface area contributed by atoms with Crippen molar-refractivity contribution in [3.8, 4) is 0 Å². The summed E-state index contributed by atoms with van der Waals surface area (Å²) in [5.41, 5.74) is 2.77. The van der Waals surface area contributed by atoms with E-state index in [0.717, 1.165) is 32.4 Å². The molecule has 0 aromatic heterocycles. The molecule has 0 amide bonds. The van der Waals surface area contributed by atoms with Gasteiger partial charge in [0.2, 0.25) is 0 Å². The third-order valence-electron chi connectivity index (χ3n) is 4.11. The van der Waals surface area contributed by atoms with E-state index in [4.69, 9.17) is 5.11 Å². The molecule has 1 aromatic rings. The zero-order valence-corrected chi connectivity index (χ0v) is 13.5. The van der Waals surface area contributed by atoms with Gasteiger partial charge in [0.25, 0.3) is 0 Å². The van der Waals surface area contributed by atoms with Gasteiger partial charge in [-0.05, 0) is 43.4 Å². The molecule has 4 nitrogen and oxygen atoms in total. The molecule has 0 bridgehead atoms. The van der Waals surface area contributed by atoms with Gasteiger partial charge in [0, 0.05) is 25.4 Å². The second kappa shape index (κ2) is 7.38. The van der Waals surface area contributed by atoms with E-state index in [1.165, 1.54) is 17.4 Å². The first-order valence-corrected chi connectivity index (χ1v) is 9.68. The van der Waals surface area contributed by atoms with Crippen LogP contribution in [0.15, 0.2) is 24.3 Å². The maximum atomic E-state index is 11.3. The van der Waals surface area contributed by atoms with Crippen LogP contribution in [0.25, 0.3) is 0 Å². The van der Waals surface area contributed by atoms with Crippen LogP contribution in [0.5, 0.6) is 0 Å². The molecule has 1 aliphatic rings. The van der Waals surface area contributed by atoms with Gasteiger partial charge in [-0.3, -0.25) is 4.90 Å². The number of fused-ring (bicyclic) bond motifs is 1. The molecule has 0 saturated carbocycles. The molecule has 2 rings (SSSR count). The number of hydrogen-bond donors (Lipinski definition) is 1. The maximum absolute atomic E-state index is 11.3. The lowest BCUT2D eigenvalue weighted by molar-refractivity contribution is 0.174. The fourth-order valence-electron chi connectivity index (χ4n) is 3.14. The summed E-state index contributed by atoms with van der Waals surface area (Å²) >= 11 is 0. The van der Waals surface area contributed by atoms with Crippen molar-refractivity contribution < 1.29 is 13.5 Å². The third kappa shape index (κ3) is 4.80. The van der Waals surface area contributed by atoms with E-state index in [9.17, 15) is 8.42 Å². The topological polar surface area (TPSA) is 57.6 Å². The molecule has 1 unspecified atom stereocenters. The van der Waals surface area contributed by atoms with E-state index >= 15 is 0 Å². The lowest BCUT2D eigenvalue weighted by Crippen LogP contribution is -2.31. The van der Waals surface area contributed by atoms with Crippen LogP contribution in [0.4, 0.5) is 0 Å². The minimum absolute atomic E-state index is 0.178. The van der Waals surface area contributed by atoms with Crippen molar-refractivity contribution in [3.05, 3.63) is 35.4 Å². The summed E-state index contributed by atoms with van der Waals surface area (Å²) < 4.78 is 22.6. The van der Waals surface area contributed by atoms with Crippen molar-refractivity contribution in [2.75, 3.05) is 31.7 Å². The number of benzene rings is 1. The minimum atomic E-state index is -2.90. The summed E-state index contributed by atoms with van der Waals surface area (Å²) in [4.78, 5) is 2.34. The first-order valence-electron chi connectivity index (χ1n) is 7.61. The Labute approximate surface area is 127 Å². The van der Waals surface area contributed by atoms with Crippen molar-refractivity contribution in [1.29, 1.82) is 0 Å².